The van der Waals surface area contributed by atoms with Gasteiger partial charge in [0.05, 0.1) is 12.2 Å². The summed E-state index contributed by atoms with van der Waals surface area (Å²) in [4.78, 5) is 0. The van der Waals surface area contributed by atoms with Gasteiger partial charge in [-0.05, 0) is 6.07 Å². The fraction of sp³-hybridized carbons (Fsp3) is 0.308. The highest BCUT2D eigenvalue weighted by Crippen LogP contribution is 2.33. The number of anilines is 1. The molecule has 1 aromatic heterocycles. The Kier molecular flexibility index (Phi) is 2.35. The molecule has 1 N–H and O–H groups in total. The van der Waals surface area contributed by atoms with Crippen molar-refractivity contribution in [1.29, 1.82) is 0 Å². The molecule has 1 aromatic carbocycles. The van der Waals surface area contributed by atoms with E-state index in [2.05, 4.69) is 17.3 Å². The number of benzene rings is 1. The average molecular weight is 231 g/mol. The summed E-state index contributed by atoms with van der Waals surface area (Å²) in [5, 5.41) is 7.58. The third-order valence-electron chi connectivity index (χ3n) is 3.30. The summed E-state index contributed by atoms with van der Waals surface area (Å²) in [7, 11) is 0. The van der Waals surface area contributed by atoms with Crippen molar-refractivity contribution in [2.45, 2.75) is 13.0 Å². The third-order valence-corrected chi connectivity index (χ3v) is 3.30. The van der Waals surface area contributed by atoms with E-state index in [1.165, 1.54) is 6.07 Å². The molecule has 2 atom stereocenters. The molecular weight excluding hydrogens is 217 g/mol. The fourth-order valence-electron chi connectivity index (χ4n) is 2.45. The van der Waals surface area contributed by atoms with Crippen molar-refractivity contribution in [1.82, 2.24) is 9.78 Å². The Morgan fingerprint density at radius 2 is 2.18 bits per heavy atom. The molecule has 0 radical (unpaired) electrons. The van der Waals surface area contributed by atoms with Gasteiger partial charge in [0.15, 0.2) is 0 Å². The monoisotopic (exact) mass is 231 g/mol. The highest BCUT2D eigenvalue weighted by Gasteiger charge is 2.29. The van der Waals surface area contributed by atoms with E-state index in [0.717, 1.165) is 12.4 Å². The Balaban J connectivity index is 2.12. The van der Waals surface area contributed by atoms with Crippen molar-refractivity contribution in [3.63, 3.8) is 0 Å². The van der Waals surface area contributed by atoms with Crippen molar-refractivity contribution in [3.8, 4) is 0 Å². The molecule has 0 amide bonds. The van der Waals surface area contributed by atoms with Crippen LogP contribution < -0.4 is 5.32 Å². The van der Waals surface area contributed by atoms with Crippen molar-refractivity contribution in [2.75, 3.05) is 11.9 Å². The van der Waals surface area contributed by atoms with Gasteiger partial charge in [-0.15, -0.1) is 0 Å². The lowest BCUT2D eigenvalue weighted by molar-refractivity contribution is 0.361. The number of hydrogen-bond acceptors (Lipinski definition) is 2. The number of nitrogens with one attached hydrogen (secondary N) is 1. The number of nitrogens with zero attached hydrogens (tertiary/aromatic N) is 2. The molecule has 0 spiro atoms. The van der Waals surface area contributed by atoms with Crippen LogP contribution in [-0.2, 0) is 0 Å². The van der Waals surface area contributed by atoms with E-state index in [0.29, 0.717) is 11.5 Å². The van der Waals surface area contributed by atoms with Crippen LogP contribution in [0.15, 0.2) is 36.5 Å². The first-order valence-electron chi connectivity index (χ1n) is 5.79. The minimum Gasteiger partial charge on any atom is -0.370 e. The molecule has 2 unspecified atom stereocenters. The van der Waals surface area contributed by atoms with Crippen LogP contribution in [0, 0.1) is 11.7 Å². The standard InChI is InChI=1S/C13H14FN3/c1-9-8-15-12-6-7-16-17(12)13(9)10-4-2-3-5-11(10)14/h2-7,9,13,15H,8H2,1H3. The summed E-state index contributed by atoms with van der Waals surface area (Å²) in [6.45, 7) is 2.94. The molecule has 1 aliphatic rings. The SMILES string of the molecule is CC1CNc2ccnn2C1c1ccccc1F. The molecule has 88 valence electrons. The number of halogens is 1. The van der Waals surface area contributed by atoms with E-state index in [4.69, 9.17) is 0 Å². The van der Waals surface area contributed by atoms with E-state index >= 15 is 0 Å². The highest BCUT2D eigenvalue weighted by atomic mass is 19.1. The lowest BCUT2D eigenvalue weighted by Crippen LogP contribution is -2.32. The van der Waals surface area contributed by atoms with Gasteiger partial charge in [0.1, 0.15) is 11.6 Å². The maximum atomic E-state index is 13.9. The van der Waals surface area contributed by atoms with Crippen molar-refractivity contribution >= 4 is 5.82 Å². The smallest absolute Gasteiger partial charge is 0.128 e. The van der Waals surface area contributed by atoms with Crippen LogP contribution in [0.5, 0.6) is 0 Å². The summed E-state index contributed by atoms with van der Waals surface area (Å²) in [6.07, 6.45) is 1.74. The van der Waals surface area contributed by atoms with Crippen LogP contribution >= 0.6 is 0 Å². The van der Waals surface area contributed by atoms with Crippen molar-refractivity contribution in [2.24, 2.45) is 5.92 Å². The second-order valence-corrected chi connectivity index (χ2v) is 4.49. The average Bonchev–Trinajstić information content (AvgIpc) is 2.79. The van der Waals surface area contributed by atoms with Crippen molar-refractivity contribution < 1.29 is 4.39 Å². The molecule has 0 aliphatic carbocycles. The minimum atomic E-state index is -0.160. The Morgan fingerprint density at radius 1 is 1.35 bits per heavy atom. The Bertz CT molecular complexity index is 535. The largest absolute Gasteiger partial charge is 0.370 e. The van der Waals surface area contributed by atoms with Crippen LogP contribution in [0.3, 0.4) is 0 Å². The molecule has 17 heavy (non-hydrogen) atoms. The molecule has 0 fully saturated rings. The molecule has 2 aromatic rings. The Morgan fingerprint density at radius 3 is 3.00 bits per heavy atom. The molecule has 3 nitrogen and oxygen atoms in total. The quantitative estimate of drug-likeness (QED) is 0.817. The van der Waals surface area contributed by atoms with Crippen LogP contribution in [0.4, 0.5) is 10.2 Å². The summed E-state index contributed by atoms with van der Waals surface area (Å²) < 4.78 is 15.8. The second kappa shape index (κ2) is 3.87. The maximum Gasteiger partial charge on any atom is 0.128 e. The van der Waals surface area contributed by atoms with Crippen LogP contribution in [0.1, 0.15) is 18.5 Å². The van der Waals surface area contributed by atoms with E-state index in [1.807, 2.05) is 22.9 Å². The highest BCUT2D eigenvalue weighted by molar-refractivity contribution is 5.39. The summed E-state index contributed by atoms with van der Waals surface area (Å²) in [5.74, 6) is 1.10. The zero-order valence-corrected chi connectivity index (χ0v) is 9.60. The molecule has 2 heterocycles. The number of fused-ring (bicyclic) bond motifs is 1. The fourth-order valence-corrected chi connectivity index (χ4v) is 2.45. The Hall–Kier alpha value is -1.84. The second-order valence-electron chi connectivity index (χ2n) is 4.49. The first-order valence-corrected chi connectivity index (χ1v) is 5.79. The van der Waals surface area contributed by atoms with Gasteiger partial charge < -0.3 is 5.32 Å². The van der Waals surface area contributed by atoms with Gasteiger partial charge in [-0.2, -0.15) is 5.10 Å². The van der Waals surface area contributed by atoms with Crippen molar-refractivity contribution in [3.05, 3.63) is 47.9 Å². The molecule has 1 aliphatic heterocycles. The third kappa shape index (κ3) is 1.60. The number of aromatic nitrogens is 2. The lowest BCUT2D eigenvalue weighted by Gasteiger charge is -2.32. The van der Waals surface area contributed by atoms with Gasteiger partial charge in [-0.3, -0.25) is 0 Å². The van der Waals surface area contributed by atoms with E-state index in [9.17, 15) is 4.39 Å². The number of hydrogen-bond donors (Lipinski definition) is 1. The van der Waals surface area contributed by atoms with Crippen LogP contribution in [0.2, 0.25) is 0 Å². The van der Waals surface area contributed by atoms with Gasteiger partial charge in [0.2, 0.25) is 0 Å². The first kappa shape index (κ1) is 10.3. The van der Waals surface area contributed by atoms with Gasteiger partial charge in [0.25, 0.3) is 0 Å². The van der Waals surface area contributed by atoms with Gasteiger partial charge >= 0.3 is 0 Å². The summed E-state index contributed by atoms with van der Waals surface area (Å²) in [6, 6.07) is 8.83. The molecule has 3 rings (SSSR count). The van der Waals surface area contributed by atoms with Gasteiger partial charge in [0, 0.05) is 24.1 Å². The maximum absolute atomic E-state index is 13.9. The molecule has 0 bridgehead atoms. The predicted molar refractivity (Wildman–Crippen MR) is 64.4 cm³/mol. The van der Waals surface area contributed by atoms with E-state index < -0.39 is 0 Å². The van der Waals surface area contributed by atoms with E-state index in [1.54, 1.807) is 12.3 Å². The summed E-state index contributed by atoms with van der Waals surface area (Å²) in [5.41, 5.74) is 0.714. The molecule has 4 heteroatoms. The normalized spacial score (nSPS) is 22.9. The van der Waals surface area contributed by atoms with E-state index in [-0.39, 0.29) is 11.9 Å². The predicted octanol–water partition coefficient (Wildman–Crippen LogP) is 2.67. The number of rotatable bonds is 1. The molecule has 0 saturated heterocycles. The molecule has 0 saturated carbocycles. The van der Waals surface area contributed by atoms with Gasteiger partial charge in [-0.25, -0.2) is 9.07 Å². The zero-order chi connectivity index (χ0) is 11.8. The minimum absolute atomic E-state index is 0.0255. The topological polar surface area (TPSA) is 29.9 Å². The summed E-state index contributed by atoms with van der Waals surface area (Å²) >= 11 is 0. The first-order chi connectivity index (χ1) is 8.27. The lowest BCUT2D eigenvalue weighted by atomic mass is 9.93. The molecular formula is C13H14FN3. The Labute approximate surface area is 99.3 Å². The zero-order valence-electron chi connectivity index (χ0n) is 9.60. The van der Waals surface area contributed by atoms with Crippen LogP contribution in [0.25, 0.3) is 0 Å². The van der Waals surface area contributed by atoms with Crippen LogP contribution in [-0.4, -0.2) is 16.3 Å². The van der Waals surface area contributed by atoms with Gasteiger partial charge in [-0.1, -0.05) is 25.1 Å².